The van der Waals surface area contributed by atoms with E-state index in [0.29, 0.717) is 12.2 Å². The van der Waals surface area contributed by atoms with Crippen molar-refractivity contribution in [3.63, 3.8) is 0 Å². The molecule has 0 fully saturated rings. The van der Waals surface area contributed by atoms with Gasteiger partial charge in [0.15, 0.2) is 0 Å². The van der Waals surface area contributed by atoms with E-state index >= 15 is 0 Å². The fourth-order valence-electron chi connectivity index (χ4n) is 1.38. The van der Waals surface area contributed by atoms with Crippen molar-refractivity contribution in [1.29, 1.82) is 0 Å². The molecular formula is C11H7BrO2. The van der Waals surface area contributed by atoms with Gasteiger partial charge < -0.3 is 4.74 Å². The Hall–Kier alpha value is -1.35. The van der Waals surface area contributed by atoms with E-state index in [1.165, 1.54) is 0 Å². The van der Waals surface area contributed by atoms with Gasteiger partial charge in [0.1, 0.15) is 5.75 Å². The molecule has 0 atom stereocenters. The van der Waals surface area contributed by atoms with E-state index in [1.807, 2.05) is 30.3 Å². The zero-order valence-electron chi connectivity index (χ0n) is 7.24. The highest BCUT2D eigenvalue weighted by Gasteiger charge is 2.01. The molecular weight excluding hydrogens is 244 g/mol. The van der Waals surface area contributed by atoms with Crippen LogP contribution in [-0.4, -0.2) is 6.47 Å². The lowest BCUT2D eigenvalue weighted by Crippen LogP contribution is -1.89. The fraction of sp³-hybridized carbons (Fsp3) is 0. The SMILES string of the molecule is O=COc1cccc2cc(Br)ccc12. The molecule has 3 heteroatoms. The number of carbonyl (C=O) groups excluding carboxylic acids is 1. The first-order valence-corrected chi connectivity index (χ1v) is 4.89. The van der Waals surface area contributed by atoms with Crippen molar-refractivity contribution >= 4 is 33.2 Å². The van der Waals surface area contributed by atoms with Gasteiger partial charge in [0.2, 0.25) is 0 Å². The minimum Gasteiger partial charge on any atom is -0.428 e. The van der Waals surface area contributed by atoms with Crippen LogP contribution in [0.1, 0.15) is 0 Å². The predicted octanol–water partition coefficient (Wildman–Crippen LogP) is 3.14. The molecule has 0 radical (unpaired) electrons. The van der Waals surface area contributed by atoms with Crippen LogP contribution in [-0.2, 0) is 4.79 Å². The van der Waals surface area contributed by atoms with Gasteiger partial charge in [-0.1, -0.05) is 28.1 Å². The van der Waals surface area contributed by atoms with Crippen LogP contribution in [0.5, 0.6) is 5.75 Å². The highest BCUT2D eigenvalue weighted by Crippen LogP contribution is 2.27. The van der Waals surface area contributed by atoms with Crippen LogP contribution in [0.15, 0.2) is 40.9 Å². The summed E-state index contributed by atoms with van der Waals surface area (Å²) >= 11 is 3.39. The van der Waals surface area contributed by atoms with Gasteiger partial charge in [0.05, 0.1) is 0 Å². The van der Waals surface area contributed by atoms with Crippen molar-refractivity contribution < 1.29 is 9.53 Å². The minimum absolute atomic E-state index is 0.441. The second-order valence-electron chi connectivity index (χ2n) is 2.84. The molecule has 0 amide bonds. The Labute approximate surface area is 89.6 Å². The van der Waals surface area contributed by atoms with Gasteiger partial charge in [-0.25, -0.2) is 0 Å². The third-order valence-corrected chi connectivity index (χ3v) is 2.47. The maximum atomic E-state index is 10.3. The minimum atomic E-state index is 0.441. The summed E-state index contributed by atoms with van der Waals surface area (Å²) in [5.74, 6) is 0.588. The van der Waals surface area contributed by atoms with Crippen molar-refractivity contribution in [1.82, 2.24) is 0 Å². The lowest BCUT2D eigenvalue weighted by atomic mass is 10.1. The predicted molar refractivity (Wildman–Crippen MR) is 58.3 cm³/mol. The lowest BCUT2D eigenvalue weighted by Gasteiger charge is -2.03. The summed E-state index contributed by atoms with van der Waals surface area (Å²) in [7, 11) is 0. The number of rotatable bonds is 2. The average Bonchev–Trinajstić information content (AvgIpc) is 2.18. The van der Waals surface area contributed by atoms with Gasteiger partial charge in [-0.3, -0.25) is 4.79 Å². The van der Waals surface area contributed by atoms with Crippen LogP contribution in [0.3, 0.4) is 0 Å². The van der Waals surface area contributed by atoms with E-state index in [9.17, 15) is 4.79 Å². The second-order valence-corrected chi connectivity index (χ2v) is 3.75. The van der Waals surface area contributed by atoms with Crippen molar-refractivity contribution in [3.05, 3.63) is 40.9 Å². The van der Waals surface area contributed by atoms with Crippen LogP contribution in [0.2, 0.25) is 0 Å². The van der Waals surface area contributed by atoms with E-state index in [-0.39, 0.29) is 0 Å². The Morgan fingerprint density at radius 3 is 2.86 bits per heavy atom. The first kappa shape index (κ1) is 9.21. The topological polar surface area (TPSA) is 26.3 Å². The molecule has 2 aromatic carbocycles. The molecule has 0 aliphatic carbocycles. The van der Waals surface area contributed by atoms with Crippen molar-refractivity contribution in [2.45, 2.75) is 0 Å². The molecule has 0 aliphatic heterocycles. The first-order valence-electron chi connectivity index (χ1n) is 4.10. The molecule has 0 saturated heterocycles. The Morgan fingerprint density at radius 2 is 2.07 bits per heavy atom. The van der Waals surface area contributed by atoms with Gasteiger partial charge in [-0.05, 0) is 29.7 Å². The number of fused-ring (bicyclic) bond motifs is 1. The molecule has 14 heavy (non-hydrogen) atoms. The molecule has 0 aliphatic rings. The van der Waals surface area contributed by atoms with Crippen molar-refractivity contribution in [2.24, 2.45) is 0 Å². The number of carbonyl (C=O) groups is 1. The van der Waals surface area contributed by atoms with Gasteiger partial charge >= 0.3 is 0 Å². The Morgan fingerprint density at radius 1 is 1.21 bits per heavy atom. The molecule has 0 bridgehead atoms. The van der Waals surface area contributed by atoms with Crippen molar-refractivity contribution in [2.75, 3.05) is 0 Å². The lowest BCUT2D eigenvalue weighted by molar-refractivity contribution is -0.120. The molecule has 0 aromatic heterocycles. The largest absolute Gasteiger partial charge is 0.428 e. The van der Waals surface area contributed by atoms with Crippen LogP contribution in [0.25, 0.3) is 10.8 Å². The molecule has 0 N–H and O–H groups in total. The highest BCUT2D eigenvalue weighted by molar-refractivity contribution is 9.10. The average molecular weight is 251 g/mol. The molecule has 2 rings (SSSR count). The van der Waals surface area contributed by atoms with Crippen LogP contribution >= 0.6 is 15.9 Å². The number of benzene rings is 2. The van der Waals surface area contributed by atoms with Gasteiger partial charge in [0, 0.05) is 9.86 Å². The number of halogens is 1. The second kappa shape index (κ2) is 3.80. The Bertz CT molecular complexity index is 480. The molecule has 0 unspecified atom stereocenters. The van der Waals surface area contributed by atoms with Gasteiger partial charge in [0.25, 0.3) is 6.47 Å². The van der Waals surface area contributed by atoms with E-state index in [2.05, 4.69) is 15.9 Å². The smallest absolute Gasteiger partial charge is 0.298 e. The van der Waals surface area contributed by atoms with Gasteiger partial charge in [-0.2, -0.15) is 0 Å². The normalized spacial score (nSPS) is 10.1. The maximum Gasteiger partial charge on any atom is 0.298 e. The third-order valence-electron chi connectivity index (χ3n) is 1.98. The molecule has 2 aromatic rings. The Balaban J connectivity index is 2.68. The summed E-state index contributed by atoms with van der Waals surface area (Å²) in [6.07, 6.45) is 0. The summed E-state index contributed by atoms with van der Waals surface area (Å²) in [5, 5.41) is 1.97. The van der Waals surface area contributed by atoms with Crippen LogP contribution < -0.4 is 4.74 Å². The molecule has 2 nitrogen and oxygen atoms in total. The molecule has 70 valence electrons. The van der Waals surface area contributed by atoms with E-state index in [1.54, 1.807) is 6.07 Å². The van der Waals surface area contributed by atoms with Crippen LogP contribution in [0, 0.1) is 0 Å². The maximum absolute atomic E-state index is 10.3. The summed E-state index contributed by atoms with van der Waals surface area (Å²) in [4.78, 5) is 10.3. The quantitative estimate of drug-likeness (QED) is 0.766. The summed E-state index contributed by atoms with van der Waals surface area (Å²) in [5.41, 5.74) is 0. The zero-order valence-corrected chi connectivity index (χ0v) is 8.82. The highest BCUT2D eigenvalue weighted by atomic mass is 79.9. The Kier molecular flexibility index (Phi) is 2.50. The molecule has 0 saturated carbocycles. The monoisotopic (exact) mass is 250 g/mol. The van der Waals surface area contributed by atoms with E-state index in [0.717, 1.165) is 15.2 Å². The summed E-state index contributed by atoms with van der Waals surface area (Å²) < 4.78 is 5.87. The van der Waals surface area contributed by atoms with E-state index < -0.39 is 0 Å². The third kappa shape index (κ3) is 1.63. The van der Waals surface area contributed by atoms with E-state index in [4.69, 9.17) is 4.74 Å². The molecule has 0 heterocycles. The number of hydrogen-bond donors (Lipinski definition) is 0. The van der Waals surface area contributed by atoms with Crippen molar-refractivity contribution in [3.8, 4) is 5.75 Å². The van der Waals surface area contributed by atoms with Gasteiger partial charge in [-0.15, -0.1) is 0 Å². The zero-order chi connectivity index (χ0) is 9.97. The van der Waals surface area contributed by atoms with Crippen LogP contribution in [0.4, 0.5) is 0 Å². The number of ether oxygens (including phenoxy) is 1. The molecule has 0 spiro atoms. The first-order chi connectivity index (χ1) is 6.81. The standard InChI is InChI=1S/C11H7BrO2/c12-9-4-5-10-8(6-9)2-1-3-11(10)14-7-13/h1-7H. The summed E-state index contributed by atoms with van der Waals surface area (Å²) in [6, 6.07) is 11.4. The number of hydrogen-bond acceptors (Lipinski definition) is 2. The summed E-state index contributed by atoms with van der Waals surface area (Å²) in [6.45, 7) is 0.441. The fourth-order valence-corrected chi connectivity index (χ4v) is 1.76.